The Balaban J connectivity index is 1.68. The highest BCUT2D eigenvalue weighted by Crippen LogP contribution is 2.28. The van der Waals surface area contributed by atoms with Crippen molar-refractivity contribution in [2.75, 3.05) is 52.9 Å². The van der Waals surface area contributed by atoms with Gasteiger partial charge in [-0.05, 0) is 45.6 Å². The molecule has 28 heavy (non-hydrogen) atoms. The van der Waals surface area contributed by atoms with E-state index in [2.05, 4.69) is 28.9 Å². The van der Waals surface area contributed by atoms with Gasteiger partial charge >= 0.3 is 0 Å². The Kier molecular flexibility index (Phi) is 7.48. The van der Waals surface area contributed by atoms with Crippen LogP contribution in [0.2, 0.25) is 0 Å². The van der Waals surface area contributed by atoms with E-state index < -0.39 is 0 Å². The summed E-state index contributed by atoms with van der Waals surface area (Å²) in [6, 6.07) is 0.521. The molecule has 0 radical (unpaired) electrons. The van der Waals surface area contributed by atoms with E-state index in [4.69, 9.17) is 0 Å². The molecule has 1 amide bonds. The average molecular weight is 392 g/mol. The molecular formula is C21H37N5O2. The number of aromatic nitrogens is 2. The summed E-state index contributed by atoms with van der Waals surface area (Å²) in [4.78, 5) is 20.2. The normalized spacial score (nSPS) is 24.6. The molecule has 1 aromatic heterocycles. The van der Waals surface area contributed by atoms with Crippen molar-refractivity contribution in [1.29, 1.82) is 0 Å². The maximum atomic E-state index is 13.2. The number of carbonyl (C=O) groups excluding carboxylic acids is 1. The van der Waals surface area contributed by atoms with Crippen LogP contribution in [-0.2, 0) is 6.54 Å². The molecule has 2 aliphatic rings. The van der Waals surface area contributed by atoms with Gasteiger partial charge in [-0.25, -0.2) is 0 Å². The predicted molar refractivity (Wildman–Crippen MR) is 110 cm³/mol. The van der Waals surface area contributed by atoms with Crippen LogP contribution in [0, 0.1) is 12.8 Å². The van der Waals surface area contributed by atoms with Gasteiger partial charge in [0.25, 0.3) is 5.91 Å². The van der Waals surface area contributed by atoms with Crippen molar-refractivity contribution in [1.82, 2.24) is 24.5 Å². The van der Waals surface area contributed by atoms with Gasteiger partial charge in [0.2, 0.25) is 0 Å². The van der Waals surface area contributed by atoms with Gasteiger partial charge in [-0.15, -0.1) is 0 Å². The summed E-state index contributed by atoms with van der Waals surface area (Å²) in [5.74, 6) is 0.546. The minimum atomic E-state index is 0.116. The largest absolute Gasteiger partial charge is 0.396 e. The van der Waals surface area contributed by atoms with Crippen LogP contribution in [0.15, 0.2) is 6.20 Å². The van der Waals surface area contributed by atoms with E-state index in [0.717, 1.165) is 82.8 Å². The second-order valence-corrected chi connectivity index (χ2v) is 8.44. The zero-order chi connectivity index (χ0) is 20.1. The lowest BCUT2D eigenvalue weighted by atomic mass is 9.86. The zero-order valence-electron chi connectivity index (χ0n) is 17.8. The highest BCUT2D eigenvalue weighted by molar-refractivity contribution is 5.95. The summed E-state index contributed by atoms with van der Waals surface area (Å²) in [6.07, 6.45) is 5.56. The number of nitrogens with zero attached hydrogens (tertiary/aromatic N) is 5. The van der Waals surface area contributed by atoms with Gasteiger partial charge in [0.05, 0.1) is 11.8 Å². The first-order chi connectivity index (χ1) is 13.5. The highest BCUT2D eigenvalue weighted by atomic mass is 16.3. The minimum absolute atomic E-state index is 0.116. The van der Waals surface area contributed by atoms with Crippen molar-refractivity contribution in [3.05, 3.63) is 17.5 Å². The summed E-state index contributed by atoms with van der Waals surface area (Å²) in [5, 5.41) is 13.8. The van der Waals surface area contributed by atoms with Gasteiger partial charge in [0.15, 0.2) is 0 Å². The molecule has 0 unspecified atom stereocenters. The molecule has 0 spiro atoms. The maximum Gasteiger partial charge on any atom is 0.257 e. The molecule has 1 aromatic rings. The molecule has 0 aliphatic carbocycles. The number of hydrogen-bond acceptors (Lipinski definition) is 5. The number of likely N-dealkylation sites (N-methyl/N-ethyl adjacent to an activating group) is 1. The monoisotopic (exact) mass is 391 g/mol. The fraction of sp³-hybridized carbons (Fsp3) is 0.810. The first-order valence-corrected chi connectivity index (χ1v) is 10.9. The molecule has 158 valence electrons. The Morgan fingerprint density at radius 3 is 2.68 bits per heavy atom. The van der Waals surface area contributed by atoms with Gasteiger partial charge in [-0.1, -0.05) is 6.92 Å². The Labute approximate surface area is 169 Å². The van der Waals surface area contributed by atoms with E-state index in [9.17, 15) is 9.90 Å². The number of amides is 1. The van der Waals surface area contributed by atoms with Crippen molar-refractivity contribution in [3.8, 4) is 0 Å². The first-order valence-electron chi connectivity index (χ1n) is 10.9. The summed E-state index contributed by atoms with van der Waals surface area (Å²) in [5.41, 5.74) is 1.72. The molecule has 1 N–H and O–H groups in total. The number of aliphatic hydroxyl groups excluding tert-OH is 1. The van der Waals surface area contributed by atoms with Crippen molar-refractivity contribution in [3.63, 3.8) is 0 Å². The lowest BCUT2D eigenvalue weighted by Gasteiger charge is -2.46. The second-order valence-electron chi connectivity index (χ2n) is 8.44. The van der Waals surface area contributed by atoms with Crippen LogP contribution in [0.3, 0.4) is 0 Å². The number of piperidine rings is 1. The Morgan fingerprint density at radius 2 is 2.00 bits per heavy atom. The van der Waals surface area contributed by atoms with E-state index in [1.54, 1.807) is 6.20 Å². The molecule has 2 saturated heterocycles. The standard InChI is InChI=1S/C21H37N5O2/c1-4-8-26-17(2)19(15-22-26)21(28)25-9-7-20(18(16-25)6-5-14-27)24-12-10-23(3)11-13-24/h15,18,20,27H,4-14,16H2,1-3H3/t18-,20+/m0/s1. The molecule has 2 fully saturated rings. The number of aryl methyl sites for hydroxylation is 1. The van der Waals surface area contributed by atoms with E-state index in [1.165, 1.54) is 0 Å². The number of rotatable bonds is 7. The molecule has 0 bridgehead atoms. The highest BCUT2D eigenvalue weighted by Gasteiger charge is 2.36. The van der Waals surface area contributed by atoms with Crippen LogP contribution in [0.4, 0.5) is 0 Å². The molecule has 0 aromatic carbocycles. The SMILES string of the molecule is CCCn1ncc(C(=O)N2CC[C@@H](N3CCN(C)CC3)[C@@H](CCCO)C2)c1C. The molecule has 2 atom stereocenters. The quantitative estimate of drug-likeness (QED) is 0.762. The third kappa shape index (κ3) is 4.75. The third-order valence-electron chi connectivity index (χ3n) is 6.49. The molecule has 7 heteroatoms. The lowest BCUT2D eigenvalue weighted by molar-refractivity contribution is 0.0217. The molecule has 3 rings (SSSR count). The van der Waals surface area contributed by atoms with Gasteiger partial charge in [0.1, 0.15) is 0 Å². The van der Waals surface area contributed by atoms with Crippen molar-refractivity contribution >= 4 is 5.91 Å². The summed E-state index contributed by atoms with van der Waals surface area (Å²) < 4.78 is 1.94. The topological polar surface area (TPSA) is 64.8 Å². The smallest absolute Gasteiger partial charge is 0.257 e. The maximum absolute atomic E-state index is 13.2. The van der Waals surface area contributed by atoms with Gasteiger partial charge < -0.3 is 14.9 Å². The Bertz CT molecular complexity index is 639. The zero-order valence-corrected chi connectivity index (χ0v) is 17.8. The lowest BCUT2D eigenvalue weighted by Crippen LogP contribution is -2.57. The summed E-state index contributed by atoms with van der Waals surface area (Å²) in [6.45, 7) is 11.2. The van der Waals surface area contributed by atoms with E-state index in [1.807, 2.05) is 16.5 Å². The van der Waals surface area contributed by atoms with Gasteiger partial charge in [-0.3, -0.25) is 14.4 Å². The number of carbonyl (C=O) groups is 1. The summed E-state index contributed by atoms with van der Waals surface area (Å²) >= 11 is 0. The third-order valence-corrected chi connectivity index (χ3v) is 6.49. The van der Waals surface area contributed by atoms with Crippen LogP contribution in [-0.4, -0.2) is 94.5 Å². The van der Waals surface area contributed by atoms with Crippen LogP contribution in [0.1, 0.15) is 48.7 Å². The van der Waals surface area contributed by atoms with Gasteiger partial charge in [0, 0.05) is 64.2 Å². The minimum Gasteiger partial charge on any atom is -0.396 e. The summed E-state index contributed by atoms with van der Waals surface area (Å²) in [7, 11) is 2.18. The first kappa shape index (κ1) is 21.3. The molecule has 0 saturated carbocycles. The fourth-order valence-electron chi connectivity index (χ4n) is 4.74. The van der Waals surface area contributed by atoms with E-state index >= 15 is 0 Å². The number of hydrogen-bond donors (Lipinski definition) is 1. The van der Waals surface area contributed by atoms with Crippen molar-refractivity contribution in [2.24, 2.45) is 5.92 Å². The predicted octanol–water partition coefficient (Wildman–Crippen LogP) is 1.45. The number of piperazine rings is 1. The molecule has 3 heterocycles. The molecular weight excluding hydrogens is 354 g/mol. The van der Waals surface area contributed by atoms with Crippen LogP contribution < -0.4 is 0 Å². The Hall–Kier alpha value is -1.44. The number of aliphatic hydroxyl groups is 1. The van der Waals surface area contributed by atoms with E-state index in [-0.39, 0.29) is 12.5 Å². The van der Waals surface area contributed by atoms with Gasteiger partial charge in [-0.2, -0.15) is 5.10 Å². The van der Waals surface area contributed by atoms with Crippen molar-refractivity contribution < 1.29 is 9.90 Å². The van der Waals surface area contributed by atoms with Crippen LogP contribution in [0.5, 0.6) is 0 Å². The van der Waals surface area contributed by atoms with Crippen LogP contribution >= 0.6 is 0 Å². The number of likely N-dealkylation sites (tertiary alicyclic amines) is 1. The second kappa shape index (κ2) is 9.85. The van der Waals surface area contributed by atoms with Crippen molar-refractivity contribution in [2.45, 2.75) is 52.1 Å². The fourth-order valence-corrected chi connectivity index (χ4v) is 4.74. The molecule has 7 nitrogen and oxygen atoms in total. The van der Waals surface area contributed by atoms with Crippen LogP contribution in [0.25, 0.3) is 0 Å². The average Bonchev–Trinajstić information content (AvgIpc) is 3.07. The molecule has 2 aliphatic heterocycles. The van der Waals surface area contributed by atoms with E-state index in [0.29, 0.717) is 12.0 Å². The Morgan fingerprint density at radius 1 is 1.25 bits per heavy atom.